The van der Waals surface area contributed by atoms with Gasteiger partial charge in [0.1, 0.15) is 23.6 Å². The zero-order chi connectivity index (χ0) is 29.6. The first-order chi connectivity index (χ1) is 20.3. The molecule has 0 radical (unpaired) electrons. The number of thiophene rings is 1. The summed E-state index contributed by atoms with van der Waals surface area (Å²) in [5, 5.41) is 18.9. The van der Waals surface area contributed by atoms with E-state index in [0.717, 1.165) is 73.1 Å². The number of carboxylic acids is 1. The highest BCUT2D eigenvalue weighted by molar-refractivity contribution is 7.09. The number of hydrogen-bond acceptors (Lipinski definition) is 10. The van der Waals surface area contributed by atoms with Crippen LogP contribution in [0.5, 0.6) is 5.75 Å². The molecule has 3 aromatic heterocycles. The molecule has 2 aliphatic rings. The molecule has 0 bridgehead atoms. The molecular formula is C30H40N8O3S. The molecule has 1 aliphatic carbocycles. The molecule has 6 rings (SSSR count). The summed E-state index contributed by atoms with van der Waals surface area (Å²) in [5.41, 5.74) is 9.92. The number of carboxylic acid groups (broad SMARTS) is 1. The van der Waals surface area contributed by atoms with Crippen LogP contribution in [-0.4, -0.2) is 87.0 Å². The van der Waals surface area contributed by atoms with Crippen molar-refractivity contribution in [3.8, 4) is 17.0 Å². The van der Waals surface area contributed by atoms with Gasteiger partial charge in [-0.2, -0.15) is 5.10 Å². The molecule has 4 N–H and O–H groups in total. The Morgan fingerprint density at radius 3 is 2.50 bits per heavy atom. The maximum absolute atomic E-state index is 9.00. The number of fused-ring (bicyclic) bond motifs is 1. The number of piperazine rings is 1. The summed E-state index contributed by atoms with van der Waals surface area (Å²) in [6, 6.07) is 11.3. The van der Waals surface area contributed by atoms with Gasteiger partial charge < -0.3 is 25.8 Å². The molecule has 0 spiro atoms. The lowest BCUT2D eigenvalue weighted by Crippen LogP contribution is -2.49. The molecule has 1 saturated carbocycles. The highest BCUT2D eigenvalue weighted by atomic mass is 32.1. The van der Waals surface area contributed by atoms with Crippen molar-refractivity contribution in [1.82, 2.24) is 29.5 Å². The highest BCUT2D eigenvalue weighted by Gasteiger charge is 2.30. The predicted octanol–water partition coefficient (Wildman–Crippen LogP) is 4.58. The number of nitrogens with one attached hydrogen (secondary N) is 1. The SMILES string of the molecule is CC(=O)O.COc1cc(-c2nn(C3CCC(N4CCN(C)CC4)CC3)c3ncnc(N)c23)ccc1NCc1cccs1. The lowest BCUT2D eigenvalue weighted by molar-refractivity contribution is -0.134. The van der Waals surface area contributed by atoms with E-state index in [0.29, 0.717) is 17.9 Å². The Labute approximate surface area is 250 Å². The smallest absolute Gasteiger partial charge is 0.300 e. The summed E-state index contributed by atoms with van der Waals surface area (Å²) < 4.78 is 7.86. The Balaban J connectivity index is 0.000000830. The van der Waals surface area contributed by atoms with Crippen LogP contribution in [0.3, 0.4) is 0 Å². The van der Waals surface area contributed by atoms with Crippen molar-refractivity contribution < 1.29 is 14.6 Å². The molecule has 2 fully saturated rings. The van der Waals surface area contributed by atoms with Crippen molar-refractivity contribution in [2.75, 3.05) is 51.4 Å². The lowest BCUT2D eigenvalue weighted by Gasteiger charge is -2.41. The Bertz CT molecular complexity index is 1470. The number of aromatic nitrogens is 4. The van der Waals surface area contributed by atoms with E-state index in [4.69, 9.17) is 25.5 Å². The third-order valence-corrected chi connectivity index (χ3v) is 8.97. The van der Waals surface area contributed by atoms with Crippen LogP contribution in [0.25, 0.3) is 22.3 Å². The van der Waals surface area contributed by atoms with E-state index in [1.54, 1.807) is 24.8 Å². The van der Waals surface area contributed by atoms with Crippen LogP contribution in [-0.2, 0) is 11.3 Å². The summed E-state index contributed by atoms with van der Waals surface area (Å²) in [6.07, 6.45) is 6.10. The number of methoxy groups -OCH3 is 1. The second kappa shape index (κ2) is 13.5. The molecule has 4 heterocycles. The van der Waals surface area contributed by atoms with Crippen LogP contribution < -0.4 is 15.8 Å². The number of aliphatic carboxylic acids is 1. The van der Waals surface area contributed by atoms with Crippen molar-refractivity contribution >= 4 is 39.8 Å². The Morgan fingerprint density at radius 2 is 1.83 bits per heavy atom. The number of hydrogen-bond donors (Lipinski definition) is 3. The largest absolute Gasteiger partial charge is 0.495 e. The van der Waals surface area contributed by atoms with E-state index in [-0.39, 0.29) is 0 Å². The van der Waals surface area contributed by atoms with Gasteiger partial charge in [-0.25, -0.2) is 14.6 Å². The van der Waals surface area contributed by atoms with Gasteiger partial charge in [0.05, 0.1) is 24.2 Å². The number of ether oxygens (including phenoxy) is 1. The van der Waals surface area contributed by atoms with Gasteiger partial charge in [-0.05, 0) is 56.3 Å². The molecule has 0 unspecified atom stereocenters. The highest BCUT2D eigenvalue weighted by Crippen LogP contribution is 2.39. The number of likely N-dealkylation sites (N-methyl/N-ethyl adjacent to an activating group) is 1. The molecule has 1 aromatic carbocycles. The first-order valence-corrected chi connectivity index (χ1v) is 15.3. The van der Waals surface area contributed by atoms with Crippen LogP contribution in [0.15, 0.2) is 42.0 Å². The normalized spacial score (nSPS) is 19.7. The van der Waals surface area contributed by atoms with Crippen LogP contribution in [0.1, 0.15) is 43.5 Å². The first-order valence-electron chi connectivity index (χ1n) is 14.4. The summed E-state index contributed by atoms with van der Waals surface area (Å²) in [6.45, 7) is 6.50. The van der Waals surface area contributed by atoms with Crippen molar-refractivity contribution in [3.63, 3.8) is 0 Å². The molecule has 12 heteroatoms. The van der Waals surface area contributed by atoms with Gasteiger partial charge in [-0.3, -0.25) is 9.69 Å². The van der Waals surface area contributed by atoms with Crippen molar-refractivity contribution in [1.29, 1.82) is 0 Å². The second-order valence-electron chi connectivity index (χ2n) is 10.9. The fraction of sp³-hybridized carbons (Fsp3) is 0.467. The molecule has 42 heavy (non-hydrogen) atoms. The first kappa shape index (κ1) is 29.7. The average Bonchev–Trinajstić information content (AvgIpc) is 3.65. The number of nitrogen functional groups attached to an aromatic ring is 1. The van der Waals surface area contributed by atoms with Crippen molar-refractivity contribution in [2.24, 2.45) is 0 Å². The minimum Gasteiger partial charge on any atom is -0.495 e. The fourth-order valence-electron chi connectivity index (χ4n) is 5.89. The summed E-state index contributed by atoms with van der Waals surface area (Å²) in [4.78, 5) is 24.3. The third-order valence-electron chi connectivity index (χ3n) is 8.09. The Morgan fingerprint density at radius 1 is 1.12 bits per heavy atom. The van der Waals surface area contributed by atoms with Crippen LogP contribution >= 0.6 is 11.3 Å². The number of nitrogens with zero attached hydrogens (tertiary/aromatic N) is 6. The summed E-state index contributed by atoms with van der Waals surface area (Å²) in [5.74, 6) is 0.395. The number of carbonyl (C=O) groups is 1. The van der Waals surface area contributed by atoms with Crippen LogP contribution in [0.4, 0.5) is 11.5 Å². The second-order valence-corrected chi connectivity index (χ2v) is 12.0. The minimum atomic E-state index is -0.833. The zero-order valence-corrected chi connectivity index (χ0v) is 25.3. The average molecular weight is 593 g/mol. The lowest BCUT2D eigenvalue weighted by atomic mass is 9.90. The topological polar surface area (TPSA) is 135 Å². The van der Waals surface area contributed by atoms with Crippen LogP contribution in [0.2, 0.25) is 0 Å². The van der Waals surface area contributed by atoms with Gasteiger partial charge in [0.2, 0.25) is 0 Å². The molecule has 11 nitrogen and oxygen atoms in total. The summed E-state index contributed by atoms with van der Waals surface area (Å²) >= 11 is 1.73. The quantitative estimate of drug-likeness (QED) is 0.280. The summed E-state index contributed by atoms with van der Waals surface area (Å²) in [7, 11) is 3.91. The number of rotatable bonds is 7. The van der Waals surface area contributed by atoms with E-state index in [1.165, 1.54) is 30.8 Å². The molecule has 1 saturated heterocycles. The van der Waals surface area contributed by atoms with E-state index in [9.17, 15) is 0 Å². The minimum absolute atomic E-state index is 0.304. The molecule has 0 amide bonds. The number of anilines is 2. The van der Waals surface area contributed by atoms with Gasteiger partial charge in [0.25, 0.3) is 5.97 Å². The monoisotopic (exact) mass is 592 g/mol. The van der Waals surface area contributed by atoms with E-state index >= 15 is 0 Å². The Hall–Kier alpha value is -3.74. The van der Waals surface area contributed by atoms with Gasteiger partial charge in [0.15, 0.2) is 5.65 Å². The zero-order valence-electron chi connectivity index (χ0n) is 24.5. The Kier molecular flexibility index (Phi) is 9.55. The fourth-order valence-corrected chi connectivity index (χ4v) is 6.53. The molecule has 224 valence electrons. The van der Waals surface area contributed by atoms with Gasteiger partial charge in [-0.1, -0.05) is 12.1 Å². The van der Waals surface area contributed by atoms with E-state index < -0.39 is 5.97 Å². The maximum atomic E-state index is 9.00. The van der Waals surface area contributed by atoms with Crippen molar-refractivity contribution in [3.05, 3.63) is 46.9 Å². The molecule has 0 atom stereocenters. The van der Waals surface area contributed by atoms with E-state index in [1.807, 2.05) is 12.1 Å². The van der Waals surface area contributed by atoms with Gasteiger partial charge in [-0.15, -0.1) is 11.3 Å². The third kappa shape index (κ3) is 6.83. The van der Waals surface area contributed by atoms with Gasteiger partial charge in [0, 0.05) is 56.1 Å². The molecular weight excluding hydrogens is 552 g/mol. The van der Waals surface area contributed by atoms with E-state index in [2.05, 4.69) is 60.4 Å². The standard InChI is InChI=1S/C28H36N8OS.C2H4O2/c1-34-11-13-35(14-12-34)20-6-8-21(9-7-20)36-28-25(27(29)31-18-32-28)26(33-36)19-5-10-23(24(16-19)37-2)30-17-22-4-3-15-38-22;1-2(3)4/h3-5,10,15-16,18,20-21,30H,6-9,11-14,17H2,1-2H3,(H2,29,31,32);1H3,(H,3,4). The number of nitrogens with two attached hydrogens (primary N) is 1. The van der Waals surface area contributed by atoms with Gasteiger partial charge >= 0.3 is 0 Å². The predicted molar refractivity (Wildman–Crippen MR) is 167 cm³/mol. The number of benzene rings is 1. The maximum Gasteiger partial charge on any atom is 0.300 e. The van der Waals surface area contributed by atoms with Crippen molar-refractivity contribution in [2.45, 2.75) is 51.2 Å². The van der Waals surface area contributed by atoms with Crippen LogP contribution in [0, 0.1) is 0 Å². The molecule has 1 aliphatic heterocycles. The molecule has 4 aromatic rings.